The lowest BCUT2D eigenvalue weighted by molar-refractivity contribution is 0.102. The fourth-order valence-corrected chi connectivity index (χ4v) is 3.68. The molecule has 1 aromatic heterocycles. The topological polar surface area (TPSA) is 78.3 Å². The average molecular weight is 525 g/mol. The Hall–Kier alpha value is -3.56. The van der Waals surface area contributed by atoms with Crippen molar-refractivity contribution in [1.29, 1.82) is 0 Å². The highest BCUT2D eigenvalue weighted by Crippen LogP contribution is 2.25. The number of aromatic nitrogens is 3. The van der Waals surface area contributed by atoms with Gasteiger partial charge in [0, 0.05) is 22.3 Å². The summed E-state index contributed by atoms with van der Waals surface area (Å²) in [6.07, 6.45) is 0. The number of nitrogens with one attached hydrogen (secondary N) is 1. The smallest absolute Gasteiger partial charge is 0.336 e. The van der Waals surface area contributed by atoms with Gasteiger partial charge in [0.2, 0.25) is 0 Å². The molecule has 3 aromatic carbocycles. The lowest BCUT2D eigenvalue weighted by atomic mass is 10.2. The number of carbonyl (C=O) groups is 1. The summed E-state index contributed by atoms with van der Waals surface area (Å²) in [5.41, 5.74) is 2.37. The molecular weight excluding hydrogens is 503 g/mol. The van der Waals surface area contributed by atoms with Gasteiger partial charge in [-0.05, 0) is 71.4 Å². The maximum atomic E-state index is 13.9. The summed E-state index contributed by atoms with van der Waals surface area (Å²) in [5, 5.41) is 7.32. The molecule has 0 aliphatic carbocycles. The molecule has 0 unspecified atom stereocenters. The fraction of sp³-hybridized carbons (Fsp3) is 0.160. The van der Waals surface area contributed by atoms with E-state index < -0.39 is 0 Å². The lowest BCUT2D eigenvalue weighted by Gasteiger charge is -2.09. The molecule has 34 heavy (non-hydrogen) atoms. The molecule has 7 nitrogen and oxygen atoms in total. The average Bonchev–Trinajstić information content (AvgIpc) is 3.27. The number of ether oxygens (including phenoxy) is 2. The Balaban J connectivity index is 1.59. The monoisotopic (exact) mass is 524 g/mol. The molecule has 0 saturated carbocycles. The highest BCUT2D eigenvalue weighted by Gasteiger charge is 2.16. The van der Waals surface area contributed by atoms with Crippen LogP contribution in [0.5, 0.6) is 6.01 Å². The number of rotatable bonds is 9. The molecule has 174 valence electrons. The summed E-state index contributed by atoms with van der Waals surface area (Å²) in [7, 11) is 0. The van der Waals surface area contributed by atoms with Crippen molar-refractivity contribution in [3.63, 3.8) is 0 Å². The third-order valence-electron chi connectivity index (χ3n) is 4.82. The van der Waals surface area contributed by atoms with Crippen LogP contribution in [0, 0.1) is 5.82 Å². The zero-order valence-corrected chi connectivity index (χ0v) is 20.0. The van der Waals surface area contributed by atoms with E-state index in [1.807, 2.05) is 19.1 Å². The van der Waals surface area contributed by atoms with Gasteiger partial charge in [-0.15, -0.1) is 5.10 Å². The fourth-order valence-electron chi connectivity index (χ4n) is 3.21. The standard InChI is InChI=1S/C25H22BrFN4O3/c1-2-33-14-15-34-25-29-23(17-6-5-7-18(27)16-17)31(30-25)20-12-10-19(11-13-20)28-24(32)21-8-3-4-9-22(21)26/h3-13,16H,2,14-15H2,1H3,(H,28,32). The Labute approximate surface area is 204 Å². The highest BCUT2D eigenvalue weighted by atomic mass is 79.9. The Kier molecular flexibility index (Phi) is 7.66. The predicted octanol–water partition coefficient (Wildman–Crippen LogP) is 5.50. The molecule has 0 saturated heterocycles. The van der Waals surface area contributed by atoms with Crippen LogP contribution in [0.4, 0.5) is 10.1 Å². The Morgan fingerprint density at radius 2 is 1.85 bits per heavy atom. The first-order valence-corrected chi connectivity index (χ1v) is 11.4. The number of anilines is 1. The molecular formula is C25H22BrFN4O3. The molecule has 1 heterocycles. The van der Waals surface area contributed by atoms with E-state index in [4.69, 9.17) is 9.47 Å². The molecule has 0 spiro atoms. The van der Waals surface area contributed by atoms with Crippen molar-refractivity contribution in [2.45, 2.75) is 6.92 Å². The van der Waals surface area contributed by atoms with E-state index in [0.29, 0.717) is 52.6 Å². The summed E-state index contributed by atoms with van der Waals surface area (Å²) in [4.78, 5) is 17.0. The van der Waals surface area contributed by atoms with Crippen LogP contribution >= 0.6 is 15.9 Å². The molecule has 4 aromatic rings. The van der Waals surface area contributed by atoms with Crippen LogP contribution in [0.25, 0.3) is 17.1 Å². The van der Waals surface area contributed by atoms with Crippen LogP contribution in [0.15, 0.2) is 77.3 Å². The lowest BCUT2D eigenvalue weighted by Crippen LogP contribution is -2.12. The summed E-state index contributed by atoms with van der Waals surface area (Å²) in [6, 6.07) is 20.6. The van der Waals surface area contributed by atoms with Gasteiger partial charge in [-0.1, -0.05) is 24.3 Å². The van der Waals surface area contributed by atoms with Crippen molar-refractivity contribution in [1.82, 2.24) is 14.8 Å². The van der Waals surface area contributed by atoms with E-state index in [1.54, 1.807) is 53.2 Å². The predicted molar refractivity (Wildman–Crippen MR) is 131 cm³/mol. The second kappa shape index (κ2) is 11.0. The SMILES string of the molecule is CCOCCOc1nc(-c2cccc(F)c2)n(-c2ccc(NC(=O)c3ccccc3Br)cc2)n1. The summed E-state index contributed by atoms with van der Waals surface area (Å²) in [6.45, 7) is 3.19. The molecule has 0 aliphatic heterocycles. The summed E-state index contributed by atoms with van der Waals surface area (Å²) >= 11 is 3.39. The van der Waals surface area contributed by atoms with Crippen molar-refractivity contribution in [3.8, 4) is 23.1 Å². The van der Waals surface area contributed by atoms with E-state index in [9.17, 15) is 9.18 Å². The minimum absolute atomic E-state index is 0.158. The molecule has 4 rings (SSSR count). The van der Waals surface area contributed by atoms with Crippen molar-refractivity contribution < 1.29 is 18.7 Å². The van der Waals surface area contributed by atoms with E-state index >= 15 is 0 Å². The normalized spacial score (nSPS) is 10.8. The van der Waals surface area contributed by atoms with Crippen molar-refractivity contribution in [2.24, 2.45) is 0 Å². The van der Waals surface area contributed by atoms with Gasteiger partial charge in [0.1, 0.15) is 12.4 Å². The maximum absolute atomic E-state index is 13.9. The number of hydrogen-bond acceptors (Lipinski definition) is 5. The van der Waals surface area contributed by atoms with Crippen LogP contribution in [0.2, 0.25) is 0 Å². The Bertz CT molecular complexity index is 1280. The van der Waals surface area contributed by atoms with Gasteiger partial charge in [-0.25, -0.2) is 9.07 Å². The molecule has 0 atom stereocenters. The number of nitrogens with zero attached hydrogens (tertiary/aromatic N) is 3. The molecule has 0 bridgehead atoms. The van der Waals surface area contributed by atoms with Gasteiger partial charge in [0.15, 0.2) is 5.82 Å². The van der Waals surface area contributed by atoms with Crippen LogP contribution in [-0.4, -0.2) is 40.5 Å². The second-order valence-corrected chi connectivity index (χ2v) is 8.02. The molecule has 1 amide bonds. The number of benzene rings is 3. The molecule has 9 heteroatoms. The van der Waals surface area contributed by atoms with Gasteiger partial charge in [-0.3, -0.25) is 4.79 Å². The minimum Gasteiger partial charge on any atom is -0.460 e. The molecule has 0 fully saturated rings. The Morgan fingerprint density at radius 3 is 2.59 bits per heavy atom. The molecule has 0 aliphatic rings. The largest absolute Gasteiger partial charge is 0.460 e. The minimum atomic E-state index is -0.379. The van der Waals surface area contributed by atoms with Gasteiger partial charge in [-0.2, -0.15) is 4.98 Å². The van der Waals surface area contributed by atoms with E-state index in [2.05, 4.69) is 31.3 Å². The first kappa shape index (κ1) is 23.6. The van der Waals surface area contributed by atoms with Crippen molar-refractivity contribution >= 4 is 27.5 Å². The van der Waals surface area contributed by atoms with Gasteiger partial charge < -0.3 is 14.8 Å². The van der Waals surface area contributed by atoms with Crippen molar-refractivity contribution in [3.05, 3.63) is 88.6 Å². The van der Waals surface area contributed by atoms with E-state index in [0.717, 1.165) is 0 Å². The summed E-state index contributed by atoms with van der Waals surface area (Å²) in [5.74, 6) is -0.182. The number of halogens is 2. The van der Waals surface area contributed by atoms with Crippen molar-refractivity contribution in [2.75, 3.05) is 25.1 Å². The molecule has 1 N–H and O–H groups in total. The third-order valence-corrected chi connectivity index (χ3v) is 5.51. The van der Waals surface area contributed by atoms with Crippen LogP contribution in [0.1, 0.15) is 17.3 Å². The quantitative estimate of drug-likeness (QED) is 0.292. The van der Waals surface area contributed by atoms with Crippen LogP contribution in [-0.2, 0) is 4.74 Å². The van der Waals surface area contributed by atoms with Crippen LogP contribution < -0.4 is 10.1 Å². The number of hydrogen-bond donors (Lipinski definition) is 1. The van der Waals surface area contributed by atoms with E-state index in [-0.39, 0.29) is 17.7 Å². The third kappa shape index (κ3) is 5.67. The first-order chi connectivity index (χ1) is 16.5. The van der Waals surface area contributed by atoms with Gasteiger partial charge in [0.25, 0.3) is 5.91 Å². The van der Waals surface area contributed by atoms with Gasteiger partial charge >= 0.3 is 6.01 Å². The number of carbonyl (C=O) groups excluding carboxylic acids is 1. The van der Waals surface area contributed by atoms with Gasteiger partial charge in [0.05, 0.1) is 17.9 Å². The zero-order valence-electron chi connectivity index (χ0n) is 18.4. The van der Waals surface area contributed by atoms with E-state index in [1.165, 1.54) is 12.1 Å². The second-order valence-electron chi connectivity index (χ2n) is 7.17. The number of amides is 1. The Morgan fingerprint density at radius 1 is 1.06 bits per heavy atom. The maximum Gasteiger partial charge on any atom is 0.336 e. The summed E-state index contributed by atoms with van der Waals surface area (Å²) < 4.78 is 27.1. The molecule has 0 radical (unpaired) electrons. The van der Waals surface area contributed by atoms with Crippen LogP contribution in [0.3, 0.4) is 0 Å². The highest BCUT2D eigenvalue weighted by molar-refractivity contribution is 9.10. The zero-order chi connectivity index (χ0) is 23.9. The first-order valence-electron chi connectivity index (χ1n) is 10.6.